The number of hydrogen-bond donors (Lipinski definition) is 4. The van der Waals surface area contributed by atoms with E-state index in [1.807, 2.05) is 0 Å². The molecule has 2 aromatic heterocycles. The van der Waals surface area contributed by atoms with Crippen LogP contribution in [-0.4, -0.2) is 72.8 Å². The van der Waals surface area contributed by atoms with Gasteiger partial charge in [-0.15, -0.1) is 0 Å². The average Bonchev–Trinajstić information content (AvgIpc) is 3.18. The smallest absolute Gasteiger partial charge is 0.183 e. The lowest BCUT2D eigenvalue weighted by Crippen LogP contribution is -2.43. The number of anilines is 1. The van der Waals surface area contributed by atoms with E-state index in [0.29, 0.717) is 18.0 Å². The molecule has 4 atom stereocenters. The van der Waals surface area contributed by atoms with E-state index in [0.717, 1.165) is 18.5 Å². The van der Waals surface area contributed by atoms with Crippen molar-refractivity contribution in [1.29, 1.82) is 0 Å². The number of fused-ring (bicyclic) bond motifs is 1. The minimum absolute atomic E-state index is 0.240. The van der Waals surface area contributed by atoms with Gasteiger partial charge in [-0.1, -0.05) is 12.2 Å². The van der Waals surface area contributed by atoms with Gasteiger partial charge in [-0.3, -0.25) is 0 Å². The molecule has 0 saturated carbocycles. The lowest BCUT2D eigenvalue weighted by molar-refractivity contribution is -0.0673. The molecule has 134 valence electrons. The quantitative estimate of drug-likeness (QED) is 0.556. The summed E-state index contributed by atoms with van der Waals surface area (Å²) in [6.07, 6.45) is 3.57. The number of nitrogens with one attached hydrogen (secondary N) is 1. The van der Waals surface area contributed by atoms with E-state index in [4.69, 9.17) is 4.74 Å². The monoisotopic (exact) mass is 347 g/mol. The van der Waals surface area contributed by atoms with Gasteiger partial charge in [-0.05, 0) is 13.3 Å². The Hall–Kier alpha value is -2.07. The van der Waals surface area contributed by atoms with Gasteiger partial charge in [0.1, 0.15) is 29.4 Å². The average molecular weight is 347 g/mol. The first-order chi connectivity index (χ1) is 12.0. The van der Waals surface area contributed by atoms with Crippen LogP contribution in [0.1, 0.15) is 25.3 Å². The molecule has 0 aromatic carbocycles. The molecule has 0 amide bonds. The number of aliphatic hydroxyl groups excluding tert-OH is 2. The van der Waals surface area contributed by atoms with E-state index in [-0.39, 0.29) is 5.82 Å². The molecule has 2 aliphatic rings. The topological polar surface area (TPSA) is 128 Å². The van der Waals surface area contributed by atoms with E-state index < -0.39 is 30.5 Å². The number of rotatable bonds is 3. The van der Waals surface area contributed by atoms with Crippen molar-refractivity contribution in [2.75, 3.05) is 24.6 Å². The lowest BCUT2D eigenvalue weighted by atomic mass is 9.92. The molecule has 2 aliphatic heterocycles. The number of imidazole rings is 1. The number of H-pyrrole nitrogens is 1. The summed E-state index contributed by atoms with van der Waals surface area (Å²) in [6, 6.07) is 0. The number of aromatic nitrogens is 4. The molecule has 2 aromatic rings. The Kier molecular flexibility index (Phi) is 3.95. The second-order valence-corrected chi connectivity index (χ2v) is 6.62. The Balaban J connectivity index is 1.79. The minimum Gasteiger partial charge on any atom is -0.394 e. The third-order valence-electron chi connectivity index (χ3n) is 4.85. The van der Waals surface area contributed by atoms with Crippen molar-refractivity contribution in [2.45, 2.75) is 37.3 Å². The second kappa shape index (κ2) is 6.03. The SMILES string of the molecule is C[C@@]1(O)[C@H](O)[C@@H](CO)O[C@H]1c1nc(N2CC=CCC2)c2[nH]cnc2n1. The van der Waals surface area contributed by atoms with Gasteiger partial charge in [-0.2, -0.15) is 0 Å². The van der Waals surface area contributed by atoms with Gasteiger partial charge in [-0.25, -0.2) is 15.0 Å². The zero-order chi connectivity index (χ0) is 17.6. The second-order valence-electron chi connectivity index (χ2n) is 6.62. The predicted molar refractivity (Wildman–Crippen MR) is 89.0 cm³/mol. The van der Waals surface area contributed by atoms with Crippen LogP contribution >= 0.6 is 0 Å². The van der Waals surface area contributed by atoms with Crippen LogP contribution in [-0.2, 0) is 4.74 Å². The Bertz CT molecular complexity index is 805. The number of aromatic amines is 1. The van der Waals surface area contributed by atoms with Crippen molar-refractivity contribution in [3.63, 3.8) is 0 Å². The van der Waals surface area contributed by atoms with Crippen LogP contribution in [0.25, 0.3) is 11.2 Å². The highest BCUT2D eigenvalue weighted by atomic mass is 16.6. The number of ether oxygens (including phenoxy) is 1. The summed E-state index contributed by atoms with van der Waals surface area (Å²) in [4.78, 5) is 18.4. The van der Waals surface area contributed by atoms with Gasteiger partial charge in [0.2, 0.25) is 0 Å². The molecular formula is C16H21N5O4. The largest absolute Gasteiger partial charge is 0.394 e. The van der Waals surface area contributed by atoms with Crippen LogP contribution in [0.15, 0.2) is 18.5 Å². The van der Waals surface area contributed by atoms with Crippen molar-refractivity contribution < 1.29 is 20.1 Å². The normalized spacial score (nSPS) is 32.6. The highest BCUT2D eigenvalue weighted by molar-refractivity contribution is 5.83. The zero-order valence-electron chi connectivity index (χ0n) is 13.8. The van der Waals surface area contributed by atoms with Crippen LogP contribution in [0, 0.1) is 0 Å². The first-order valence-corrected chi connectivity index (χ1v) is 8.30. The minimum atomic E-state index is -1.61. The number of hydrogen-bond acceptors (Lipinski definition) is 8. The summed E-state index contributed by atoms with van der Waals surface area (Å²) in [7, 11) is 0. The highest BCUT2D eigenvalue weighted by Gasteiger charge is 2.54. The Labute approximate surface area is 144 Å². The van der Waals surface area contributed by atoms with Crippen LogP contribution in [0.4, 0.5) is 5.82 Å². The molecule has 0 aliphatic carbocycles. The van der Waals surface area contributed by atoms with Crippen molar-refractivity contribution in [3.8, 4) is 0 Å². The van der Waals surface area contributed by atoms with Crippen molar-refractivity contribution in [1.82, 2.24) is 19.9 Å². The molecule has 1 fully saturated rings. The standard InChI is InChI=1S/C16H21N5O4/c1-16(24)11(23)9(7-22)25-12(16)14-19-13-10(17-8-18-13)15(20-14)21-5-3-2-4-6-21/h2-3,8-9,11-12,22-24H,4-7H2,1H3,(H,17,18,19,20)/t9-,11-,12+,16-/m1/s1. The van der Waals surface area contributed by atoms with Gasteiger partial charge in [0, 0.05) is 13.1 Å². The van der Waals surface area contributed by atoms with Gasteiger partial charge in [0.25, 0.3) is 0 Å². The molecule has 1 saturated heterocycles. The van der Waals surface area contributed by atoms with E-state index in [1.165, 1.54) is 6.92 Å². The maximum atomic E-state index is 10.7. The molecule has 0 radical (unpaired) electrons. The molecular weight excluding hydrogens is 326 g/mol. The molecule has 9 nitrogen and oxygen atoms in total. The van der Waals surface area contributed by atoms with Gasteiger partial charge in [0.15, 0.2) is 17.3 Å². The van der Waals surface area contributed by atoms with Crippen LogP contribution in [0.2, 0.25) is 0 Å². The summed E-state index contributed by atoms with van der Waals surface area (Å²) >= 11 is 0. The Morgan fingerprint density at radius 1 is 1.40 bits per heavy atom. The first kappa shape index (κ1) is 16.4. The highest BCUT2D eigenvalue weighted by Crippen LogP contribution is 2.41. The van der Waals surface area contributed by atoms with Crippen molar-refractivity contribution >= 4 is 17.0 Å². The fraction of sp³-hybridized carbons (Fsp3) is 0.562. The molecule has 4 heterocycles. The van der Waals surface area contributed by atoms with Crippen LogP contribution in [0.3, 0.4) is 0 Å². The molecule has 25 heavy (non-hydrogen) atoms. The van der Waals surface area contributed by atoms with E-state index in [9.17, 15) is 15.3 Å². The fourth-order valence-electron chi connectivity index (χ4n) is 3.40. The Morgan fingerprint density at radius 3 is 2.92 bits per heavy atom. The summed E-state index contributed by atoms with van der Waals surface area (Å²) in [5, 5.41) is 30.3. The third kappa shape index (κ3) is 2.60. The van der Waals surface area contributed by atoms with Crippen molar-refractivity contribution in [2.24, 2.45) is 0 Å². The van der Waals surface area contributed by atoms with Crippen LogP contribution in [0.5, 0.6) is 0 Å². The summed E-state index contributed by atoms with van der Waals surface area (Å²) < 4.78 is 5.65. The first-order valence-electron chi connectivity index (χ1n) is 8.30. The molecule has 0 bridgehead atoms. The van der Waals surface area contributed by atoms with Gasteiger partial charge in [0.05, 0.1) is 12.9 Å². The molecule has 4 rings (SSSR count). The van der Waals surface area contributed by atoms with E-state index in [1.54, 1.807) is 6.33 Å². The summed E-state index contributed by atoms with van der Waals surface area (Å²) in [6.45, 7) is 2.58. The third-order valence-corrected chi connectivity index (χ3v) is 4.85. The predicted octanol–water partition coefficient (Wildman–Crippen LogP) is -0.337. The molecule has 0 unspecified atom stereocenters. The van der Waals surface area contributed by atoms with E-state index in [2.05, 4.69) is 37.0 Å². The Morgan fingerprint density at radius 2 is 2.24 bits per heavy atom. The molecule has 0 spiro atoms. The molecule has 4 N–H and O–H groups in total. The maximum Gasteiger partial charge on any atom is 0.183 e. The molecule has 9 heteroatoms. The summed E-state index contributed by atoms with van der Waals surface area (Å²) in [5.41, 5.74) is -0.428. The van der Waals surface area contributed by atoms with Gasteiger partial charge >= 0.3 is 0 Å². The fourth-order valence-corrected chi connectivity index (χ4v) is 3.40. The van der Waals surface area contributed by atoms with Crippen molar-refractivity contribution in [3.05, 3.63) is 24.3 Å². The summed E-state index contributed by atoms with van der Waals surface area (Å²) in [5.74, 6) is 0.923. The number of nitrogens with zero attached hydrogens (tertiary/aromatic N) is 4. The zero-order valence-corrected chi connectivity index (χ0v) is 13.8. The maximum absolute atomic E-state index is 10.7. The lowest BCUT2D eigenvalue weighted by Gasteiger charge is -2.28. The van der Waals surface area contributed by atoms with E-state index >= 15 is 0 Å². The van der Waals surface area contributed by atoms with Crippen LogP contribution < -0.4 is 4.90 Å². The number of aliphatic hydroxyl groups is 3. The van der Waals surface area contributed by atoms with Gasteiger partial charge < -0.3 is 29.9 Å².